The van der Waals surface area contributed by atoms with Gasteiger partial charge < -0.3 is 9.47 Å². The summed E-state index contributed by atoms with van der Waals surface area (Å²) in [5, 5.41) is 9.10. The molecule has 102 valence electrons. The molecule has 0 radical (unpaired) electrons. The van der Waals surface area contributed by atoms with Crippen molar-refractivity contribution < 1.29 is 18.7 Å². The van der Waals surface area contributed by atoms with Crippen LogP contribution in [0.25, 0.3) is 0 Å². The number of ether oxygens (including phenoxy) is 2. The molecule has 0 bridgehead atoms. The fourth-order valence-electron chi connectivity index (χ4n) is 1.66. The minimum atomic E-state index is -0.721. The third-order valence-electron chi connectivity index (χ3n) is 2.68. The van der Waals surface area contributed by atoms with Crippen LogP contribution >= 0.6 is 15.9 Å². The predicted molar refractivity (Wildman–Crippen MR) is 70.3 cm³/mol. The standard InChI is InChI=1S/C13H13BrFNO3/c1-18-11(17)6-3-8(7-16)9-4-5-10(14)13(19-2)12(9)15/h4-5,8H,3,6H2,1-2H3. The molecule has 0 spiro atoms. The summed E-state index contributed by atoms with van der Waals surface area (Å²) in [6.07, 6.45) is 0.261. The maximum absolute atomic E-state index is 14.2. The fraction of sp³-hybridized carbons (Fsp3) is 0.385. The second kappa shape index (κ2) is 7.10. The summed E-state index contributed by atoms with van der Waals surface area (Å²) in [6, 6.07) is 5.11. The van der Waals surface area contributed by atoms with Crippen molar-refractivity contribution in [2.45, 2.75) is 18.8 Å². The molecule has 0 heterocycles. The van der Waals surface area contributed by atoms with Crippen LogP contribution in [0.5, 0.6) is 5.75 Å². The Bertz CT molecular complexity index is 513. The highest BCUT2D eigenvalue weighted by molar-refractivity contribution is 9.10. The molecule has 0 aliphatic rings. The zero-order valence-electron chi connectivity index (χ0n) is 10.6. The van der Waals surface area contributed by atoms with E-state index in [1.54, 1.807) is 6.07 Å². The zero-order chi connectivity index (χ0) is 14.4. The van der Waals surface area contributed by atoms with Crippen LogP contribution in [0.1, 0.15) is 24.3 Å². The molecule has 0 aliphatic heterocycles. The Morgan fingerprint density at radius 3 is 2.74 bits per heavy atom. The normalized spacial score (nSPS) is 11.5. The first-order valence-electron chi connectivity index (χ1n) is 5.53. The lowest BCUT2D eigenvalue weighted by molar-refractivity contribution is -0.140. The quantitative estimate of drug-likeness (QED) is 0.778. The van der Waals surface area contributed by atoms with Crippen molar-refractivity contribution in [3.8, 4) is 11.8 Å². The molecule has 0 fully saturated rings. The van der Waals surface area contributed by atoms with E-state index in [0.29, 0.717) is 4.47 Å². The minimum Gasteiger partial charge on any atom is -0.492 e. The SMILES string of the molecule is COC(=O)CCC(C#N)c1ccc(Br)c(OC)c1F. The Balaban J connectivity index is 3.00. The van der Waals surface area contributed by atoms with Crippen LogP contribution in [0, 0.1) is 17.1 Å². The van der Waals surface area contributed by atoms with E-state index in [4.69, 9.17) is 10.00 Å². The van der Waals surface area contributed by atoms with Crippen molar-refractivity contribution in [2.24, 2.45) is 0 Å². The Morgan fingerprint density at radius 2 is 2.21 bits per heavy atom. The Labute approximate surface area is 119 Å². The van der Waals surface area contributed by atoms with Gasteiger partial charge in [0.2, 0.25) is 0 Å². The van der Waals surface area contributed by atoms with E-state index >= 15 is 0 Å². The highest BCUT2D eigenvalue weighted by Crippen LogP contribution is 2.34. The maximum Gasteiger partial charge on any atom is 0.305 e. The molecule has 1 aromatic rings. The highest BCUT2D eigenvalue weighted by Gasteiger charge is 2.21. The predicted octanol–water partition coefficient (Wildman–Crippen LogP) is 3.16. The van der Waals surface area contributed by atoms with Gasteiger partial charge >= 0.3 is 5.97 Å². The van der Waals surface area contributed by atoms with E-state index in [0.717, 1.165) is 0 Å². The van der Waals surface area contributed by atoms with E-state index < -0.39 is 17.7 Å². The lowest BCUT2D eigenvalue weighted by Gasteiger charge is -2.13. The highest BCUT2D eigenvalue weighted by atomic mass is 79.9. The number of methoxy groups -OCH3 is 2. The summed E-state index contributed by atoms with van der Waals surface area (Å²) in [6.45, 7) is 0. The molecule has 1 unspecified atom stereocenters. The third kappa shape index (κ3) is 3.67. The van der Waals surface area contributed by atoms with Gasteiger partial charge in [-0.05, 0) is 28.4 Å². The van der Waals surface area contributed by atoms with Crippen molar-refractivity contribution in [1.82, 2.24) is 0 Å². The van der Waals surface area contributed by atoms with Crippen molar-refractivity contribution >= 4 is 21.9 Å². The van der Waals surface area contributed by atoms with Gasteiger partial charge in [-0.25, -0.2) is 4.39 Å². The molecule has 0 saturated carbocycles. The Kier molecular flexibility index (Phi) is 5.77. The molecule has 0 N–H and O–H groups in total. The van der Waals surface area contributed by atoms with Gasteiger partial charge in [0.1, 0.15) is 0 Å². The second-order valence-electron chi connectivity index (χ2n) is 3.78. The molecule has 0 aromatic heterocycles. The topological polar surface area (TPSA) is 59.3 Å². The van der Waals surface area contributed by atoms with E-state index in [9.17, 15) is 9.18 Å². The first-order chi connectivity index (χ1) is 9.04. The van der Waals surface area contributed by atoms with Gasteiger partial charge in [0, 0.05) is 12.0 Å². The number of esters is 1. The number of rotatable bonds is 5. The molecule has 19 heavy (non-hydrogen) atoms. The van der Waals surface area contributed by atoms with Gasteiger partial charge in [-0.2, -0.15) is 5.26 Å². The van der Waals surface area contributed by atoms with Gasteiger partial charge in [-0.3, -0.25) is 4.79 Å². The van der Waals surface area contributed by atoms with Crippen molar-refractivity contribution in [3.05, 3.63) is 28.0 Å². The average Bonchev–Trinajstić information content (AvgIpc) is 2.41. The summed E-state index contributed by atoms with van der Waals surface area (Å²) < 4.78 is 24.1. The molecule has 0 saturated heterocycles. The Hall–Kier alpha value is -1.61. The summed E-state index contributed by atoms with van der Waals surface area (Å²) in [7, 11) is 2.62. The van der Waals surface area contributed by atoms with Gasteiger partial charge in [0.25, 0.3) is 0 Å². The van der Waals surface area contributed by atoms with E-state index in [2.05, 4.69) is 20.7 Å². The Morgan fingerprint density at radius 1 is 1.53 bits per heavy atom. The molecule has 1 rings (SSSR count). The number of hydrogen-bond donors (Lipinski definition) is 0. The number of carbonyl (C=O) groups excluding carboxylic acids is 1. The van der Waals surface area contributed by atoms with Gasteiger partial charge in [0.15, 0.2) is 11.6 Å². The van der Waals surface area contributed by atoms with Gasteiger partial charge in [0.05, 0.1) is 30.7 Å². The summed E-state index contributed by atoms with van der Waals surface area (Å²) in [4.78, 5) is 11.1. The monoisotopic (exact) mass is 329 g/mol. The third-order valence-corrected chi connectivity index (χ3v) is 3.30. The lowest BCUT2D eigenvalue weighted by atomic mass is 9.95. The average molecular weight is 330 g/mol. The van der Waals surface area contributed by atoms with Crippen LogP contribution in [0.15, 0.2) is 16.6 Å². The van der Waals surface area contributed by atoms with Crippen LogP contribution in [0.2, 0.25) is 0 Å². The van der Waals surface area contributed by atoms with E-state index in [1.807, 2.05) is 6.07 Å². The zero-order valence-corrected chi connectivity index (χ0v) is 12.2. The maximum atomic E-state index is 14.2. The van der Waals surface area contributed by atoms with Crippen LogP contribution in [-0.4, -0.2) is 20.2 Å². The number of nitriles is 1. The van der Waals surface area contributed by atoms with Crippen LogP contribution in [-0.2, 0) is 9.53 Å². The van der Waals surface area contributed by atoms with Crippen molar-refractivity contribution in [2.75, 3.05) is 14.2 Å². The van der Waals surface area contributed by atoms with Crippen molar-refractivity contribution in [3.63, 3.8) is 0 Å². The number of hydrogen-bond acceptors (Lipinski definition) is 4. The first-order valence-corrected chi connectivity index (χ1v) is 6.32. The molecular formula is C13H13BrFNO3. The molecule has 1 aromatic carbocycles. The van der Waals surface area contributed by atoms with E-state index in [-0.39, 0.29) is 24.2 Å². The number of benzene rings is 1. The number of nitrogens with zero attached hydrogens (tertiary/aromatic N) is 1. The van der Waals surface area contributed by atoms with Gasteiger partial charge in [-0.15, -0.1) is 0 Å². The molecular weight excluding hydrogens is 317 g/mol. The summed E-state index contributed by atoms with van der Waals surface area (Å²) in [5.41, 5.74) is 0.214. The molecule has 0 aliphatic carbocycles. The van der Waals surface area contributed by atoms with Crippen LogP contribution < -0.4 is 4.74 Å². The number of halogens is 2. The van der Waals surface area contributed by atoms with E-state index in [1.165, 1.54) is 20.3 Å². The molecule has 6 heteroatoms. The van der Waals surface area contributed by atoms with Gasteiger partial charge in [-0.1, -0.05) is 6.07 Å². The molecule has 0 amide bonds. The van der Waals surface area contributed by atoms with Crippen molar-refractivity contribution in [1.29, 1.82) is 5.26 Å². The molecule has 1 atom stereocenters. The minimum absolute atomic E-state index is 0.0517. The first kappa shape index (κ1) is 15.4. The summed E-state index contributed by atoms with van der Waals surface area (Å²) >= 11 is 3.16. The smallest absolute Gasteiger partial charge is 0.305 e. The summed E-state index contributed by atoms with van der Waals surface area (Å²) in [5.74, 6) is -1.69. The fourth-order valence-corrected chi connectivity index (χ4v) is 2.13. The molecule has 4 nitrogen and oxygen atoms in total. The van der Waals surface area contributed by atoms with Crippen LogP contribution in [0.4, 0.5) is 4.39 Å². The largest absolute Gasteiger partial charge is 0.492 e. The lowest BCUT2D eigenvalue weighted by Crippen LogP contribution is -2.06. The second-order valence-corrected chi connectivity index (χ2v) is 4.63. The van der Waals surface area contributed by atoms with Crippen LogP contribution in [0.3, 0.4) is 0 Å². The number of carbonyl (C=O) groups is 1.